The highest BCUT2D eigenvalue weighted by Crippen LogP contribution is 2.40. The molecular weight excluding hydrogens is 262 g/mol. The van der Waals surface area contributed by atoms with E-state index in [0.717, 1.165) is 44.6 Å². The highest BCUT2D eigenvalue weighted by atomic mass is 16.5. The predicted molar refractivity (Wildman–Crippen MR) is 88.7 cm³/mol. The minimum atomic E-state index is 0.505. The molecule has 0 bridgehead atoms. The van der Waals surface area contributed by atoms with Crippen LogP contribution in [0.2, 0.25) is 0 Å². The van der Waals surface area contributed by atoms with Crippen LogP contribution in [0.5, 0.6) is 0 Å². The lowest BCUT2D eigenvalue weighted by Crippen LogP contribution is -2.43. The number of rotatable bonds is 9. The number of aliphatic imine (C=N–C) groups is 1. The minimum Gasteiger partial charge on any atom is -0.381 e. The van der Waals surface area contributed by atoms with Crippen LogP contribution in [0.3, 0.4) is 0 Å². The monoisotopic (exact) mass is 295 g/mol. The van der Waals surface area contributed by atoms with Gasteiger partial charge in [0.1, 0.15) is 0 Å². The lowest BCUT2D eigenvalue weighted by molar-refractivity contribution is 0.123. The second kappa shape index (κ2) is 8.62. The Kier molecular flexibility index (Phi) is 6.81. The number of ether oxygens (including phenoxy) is 1. The largest absolute Gasteiger partial charge is 0.381 e. The molecule has 0 amide bonds. The Morgan fingerprint density at radius 1 is 1.24 bits per heavy atom. The van der Waals surface area contributed by atoms with Crippen molar-refractivity contribution >= 4 is 5.96 Å². The molecule has 2 rings (SSSR count). The Morgan fingerprint density at radius 2 is 2.00 bits per heavy atom. The van der Waals surface area contributed by atoms with E-state index in [2.05, 4.69) is 22.5 Å². The van der Waals surface area contributed by atoms with E-state index in [9.17, 15) is 0 Å². The zero-order chi connectivity index (χ0) is 15.0. The van der Waals surface area contributed by atoms with Gasteiger partial charge >= 0.3 is 0 Å². The fourth-order valence-electron chi connectivity index (χ4n) is 3.19. The Hall–Kier alpha value is -0.770. The normalized spacial score (nSPS) is 21.5. The lowest BCUT2D eigenvalue weighted by Gasteiger charge is -2.28. The average Bonchev–Trinajstić information content (AvgIpc) is 3.22. The summed E-state index contributed by atoms with van der Waals surface area (Å²) in [5, 5.41) is 6.92. The molecular formula is C17H33N3O. The number of hydrogen-bond donors (Lipinski definition) is 2. The topological polar surface area (TPSA) is 45.7 Å². The summed E-state index contributed by atoms with van der Waals surface area (Å²) in [6.45, 7) is 6.14. The Labute approximate surface area is 130 Å². The van der Waals surface area contributed by atoms with E-state index in [0.29, 0.717) is 5.41 Å². The van der Waals surface area contributed by atoms with Gasteiger partial charge in [0.05, 0.1) is 0 Å². The second-order valence-corrected chi connectivity index (χ2v) is 6.79. The molecule has 2 fully saturated rings. The molecule has 0 radical (unpaired) electrons. The molecule has 4 nitrogen and oxygen atoms in total. The Morgan fingerprint density at radius 3 is 2.62 bits per heavy atom. The molecule has 122 valence electrons. The van der Waals surface area contributed by atoms with Crippen molar-refractivity contribution in [2.75, 3.05) is 33.4 Å². The predicted octanol–water partition coefficient (Wildman–Crippen LogP) is 2.94. The molecule has 0 atom stereocenters. The lowest BCUT2D eigenvalue weighted by atomic mass is 9.83. The molecule has 2 saturated carbocycles. The summed E-state index contributed by atoms with van der Waals surface area (Å²) in [5.41, 5.74) is 0.505. The quantitative estimate of drug-likeness (QED) is 0.390. The SMILES string of the molecule is CCC1(CNC(=NC)NCCCOCC2CC2)CCCC1. The van der Waals surface area contributed by atoms with Crippen molar-refractivity contribution < 1.29 is 4.74 Å². The van der Waals surface area contributed by atoms with Gasteiger partial charge in [-0.05, 0) is 49.9 Å². The first-order valence-corrected chi connectivity index (χ1v) is 8.80. The standard InChI is InChI=1S/C17H33N3O/c1-3-17(9-4-5-10-17)14-20-16(18-2)19-11-6-12-21-13-15-7-8-15/h15H,3-14H2,1-2H3,(H2,18,19,20). The third-order valence-electron chi connectivity index (χ3n) is 5.08. The maximum atomic E-state index is 5.65. The fourth-order valence-corrected chi connectivity index (χ4v) is 3.19. The molecule has 0 saturated heterocycles. The molecule has 2 aliphatic rings. The van der Waals surface area contributed by atoms with Crippen LogP contribution in [0.15, 0.2) is 4.99 Å². The van der Waals surface area contributed by atoms with Crippen LogP contribution in [0, 0.1) is 11.3 Å². The summed E-state index contributed by atoms with van der Waals surface area (Å²) >= 11 is 0. The summed E-state index contributed by atoms with van der Waals surface area (Å²) in [4.78, 5) is 4.32. The van der Waals surface area contributed by atoms with Crippen LogP contribution in [0.4, 0.5) is 0 Å². The van der Waals surface area contributed by atoms with Crippen LogP contribution in [0.25, 0.3) is 0 Å². The summed E-state index contributed by atoms with van der Waals surface area (Å²) in [5.74, 6) is 1.81. The third-order valence-corrected chi connectivity index (χ3v) is 5.08. The third kappa shape index (κ3) is 5.85. The second-order valence-electron chi connectivity index (χ2n) is 6.79. The van der Waals surface area contributed by atoms with E-state index in [4.69, 9.17) is 4.74 Å². The van der Waals surface area contributed by atoms with Crippen LogP contribution in [0.1, 0.15) is 58.3 Å². The number of hydrogen-bond acceptors (Lipinski definition) is 2. The molecule has 0 aromatic rings. The van der Waals surface area contributed by atoms with Crippen molar-refractivity contribution in [3.05, 3.63) is 0 Å². The van der Waals surface area contributed by atoms with E-state index in [1.54, 1.807) is 0 Å². The van der Waals surface area contributed by atoms with Gasteiger partial charge in [-0.2, -0.15) is 0 Å². The first kappa shape index (κ1) is 16.6. The zero-order valence-corrected chi connectivity index (χ0v) is 13.9. The molecule has 0 heterocycles. The number of nitrogens with one attached hydrogen (secondary N) is 2. The molecule has 2 N–H and O–H groups in total. The molecule has 0 aromatic heterocycles. The van der Waals surface area contributed by atoms with Gasteiger partial charge in [-0.25, -0.2) is 0 Å². The summed E-state index contributed by atoms with van der Waals surface area (Å²) in [7, 11) is 1.85. The molecule has 0 aliphatic heterocycles. The first-order valence-electron chi connectivity index (χ1n) is 8.80. The summed E-state index contributed by atoms with van der Waals surface area (Å²) in [6, 6.07) is 0. The van der Waals surface area contributed by atoms with Gasteiger partial charge in [-0.3, -0.25) is 4.99 Å². The van der Waals surface area contributed by atoms with Crippen LogP contribution in [-0.4, -0.2) is 39.3 Å². The maximum Gasteiger partial charge on any atom is 0.190 e. The van der Waals surface area contributed by atoms with Gasteiger partial charge in [-0.1, -0.05) is 19.8 Å². The first-order chi connectivity index (χ1) is 10.3. The molecule has 0 spiro atoms. The smallest absolute Gasteiger partial charge is 0.190 e. The maximum absolute atomic E-state index is 5.65. The molecule has 21 heavy (non-hydrogen) atoms. The number of guanidine groups is 1. The van der Waals surface area contributed by atoms with Gasteiger partial charge in [0.2, 0.25) is 0 Å². The number of nitrogens with zero attached hydrogens (tertiary/aromatic N) is 1. The van der Waals surface area contributed by atoms with Crippen molar-refractivity contribution in [1.82, 2.24) is 10.6 Å². The molecule has 4 heteroatoms. The highest BCUT2D eigenvalue weighted by molar-refractivity contribution is 5.79. The average molecular weight is 295 g/mol. The van der Waals surface area contributed by atoms with Gasteiger partial charge in [0, 0.05) is 33.4 Å². The van der Waals surface area contributed by atoms with E-state index in [1.165, 1.54) is 44.9 Å². The van der Waals surface area contributed by atoms with Crippen molar-refractivity contribution in [1.29, 1.82) is 0 Å². The van der Waals surface area contributed by atoms with Gasteiger partial charge in [0.15, 0.2) is 5.96 Å². The van der Waals surface area contributed by atoms with Crippen molar-refractivity contribution in [2.24, 2.45) is 16.3 Å². The van der Waals surface area contributed by atoms with E-state index in [1.807, 2.05) is 7.05 Å². The van der Waals surface area contributed by atoms with Crippen LogP contribution < -0.4 is 10.6 Å². The van der Waals surface area contributed by atoms with Crippen molar-refractivity contribution in [2.45, 2.75) is 58.3 Å². The van der Waals surface area contributed by atoms with E-state index < -0.39 is 0 Å². The van der Waals surface area contributed by atoms with Crippen LogP contribution in [-0.2, 0) is 4.74 Å². The molecule has 2 aliphatic carbocycles. The minimum absolute atomic E-state index is 0.505. The van der Waals surface area contributed by atoms with Crippen molar-refractivity contribution in [3.8, 4) is 0 Å². The molecule has 0 aromatic carbocycles. The zero-order valence-electron chi connectivity index (χ0n) is 13.9. The van der Waals surface area contributed by atoms with E-state index >= 15 is 0 Å². The van der Waals surface area contributed by atoms with Gasteiger partial charge in [0.25, 0.3) is 0 Å². The van der Waals surface area contributed by atoms with Crippen molar-refractivity contribution in [3.63, 3.8) is 0 Å². The molecule has 0 unspecified atom stereocenters. The van der Waals surface area contributed by atoms with Gasteiger partial charge < -0.3 is 15.4 Å². The van der Waals surface area contributed by atoms with E-state index in [-0.39, 0.29) is 0 Å². The Bertz CT molecular complexity index is 320. The fraction of sp³-hybridized carbons (Fsp3) is 0.941. The van der Waals surface area contributed by atoms with Gasteiger partial charge in [-0.15, -0.1) is 0 Å². The summed E-state index contributed by atoms with van der Waals surface area (Å²) in [6.07, 6.45) is 10.6. The van der Waals surface area contributed by atoms with Crippen LogP contribution >= 0.6 is 0 Å². The summed E-state index contributed by atoms with van der Waals surface area (Å²) < 4.78 is 5.65. The highest BCUT2D eigenvalue weighted by Gasteiger charge is 2.31. The Balaban J connectivity index is 1.54.